The summed E-state index contributed by atoms with van der Waals surface area (Å²) in [7, 11) is 3.86. The maximum Gasteiger partial charge on any atom is 0.261 e. The molecule has 0 saturated carbocycles. The third-order valence-electron chi connectivity index (χ3n) is 3.51. The molecule has 2 amide bonds. The van der Waals surface area contributed by atoms with Crippen LogP contribution in [0.3, 0.4) is 0 Å². The number of imide groups is 1. The van der Waals surface area contributed by atoms with Crippen molar-refractivity contribution in [1.29, 1.82) is 0 Å². The molecule has 1 aromatic carbocycles. The molecule has 0 radical (unpaired) electrons. The molecule has 0 unspecified atom stereocenters. The lowest BCUT2D eigenvalue weighted by atomic mass is 10.1. The van der Waals surface area contributed by atoms with Gasteiger partial charge in [0.25, 0.3) is 11.8 Å². The van der Waals surface area contributed by atoms with E-state index in [9.17, 15) is 9.59 Å². The number of benzene rings is 1. The minimum atomic E-state index is -0.257. The lowest BCUT2D eigenvalue weighted by Gasteiger charge is -2.16. The number of amides is 2. The summed E-state index contributed by atoms with van der Waals surface area (Å²) >= 11 is 0. The topological polar surface area (TPSA) is 53.5 Å². The molecule has 0 N–H and O–H groups in total. The molecule has 0 saturated heterocycles. The fourth-order valence-electron chi connectivity index (χ4n) is 2.37. The molecule has 2 aromatic rings. The van der Waals surface area contributed by atoms with Gasteiger partial charge in [-0.15, -0.1) is 0 Å². The predicted molar refractivity (Wildman–Crippen MR) is 79.2 cm³/mol. The van der Waals surface area contributed by atoms with Gasteiger partial charge in [0.05, 0.1) is 23.4 Å². The smallest absolute Gasteiger partial charge is 0.261 e. The van der Waals surface area contributed by atoms with Crippen molar-refractivity contribution in [3.8, 4) is 0 Å². The van der Waals surface area contributed by atoms with Gasteiger partial charge in [0.1, 0.15) is 0 Å². The van der Waals surface area contributed by atoms with E-state index >= 15 is 0 Å². The summed E-state index contributed by atoms with van der Waals surface area (Å²) in [5.41, 5.74) is 2.60. The van der Waals surface area contributed by atoms with E-state index in [0.717, 1.165) is 5.69 Å². The quantitative estimate of drug-likeness (QED) is 0.807. The first-order valence-corrected chi connectivity index (χ1v) is 6.65. The summed E-state index contributed by atoms with van der Waals surface area (Å²) in [5.74, 6) is -0.514. The number of anilines is 1. The Balaban J connectivity index is 1.89. The van der Waals surface area contributed by atoms with Gasteiger partial charge in [-0.05, 0) is 24.3 Å². The maximum absolute atomic E-state index is 12.3. The van der Waals surface area contributed by atoms with Crippen LogP contribution < -0.4 is 4.90 Å². The van der Waals surface area contributed by atoms with Crippen molar-refractivity contribution in [2.75, 3.05) is 19.0 Å². The molecule has 3 rings (SSSR count). The van der Waals surface area contributed by atoms with Crippen molar-refractivity contribution < 1.29 is 9.59 Å². The third-order valence-corrected chi connectivity index (χ3v) is 3.51. The number of carbonyl (C=O) groups excluding carboxylic acids is 2. The summed E-state index contributed by atoms with van der Waals surface area (Å²) in [6, 6.07) is 10.6. The Bertz CT molecular complexity index is 690. The summed E-state index contributed by atoms with van der Waals surface area (Å²) in [5, 5.41) is 0. The molecule has 106 valence electrons. The molecule has 5 heteroatoms. The molecule has 5 nitrogen and oxygen atoms in total. The second-order valence-corrected chi connectivity index (χ2v) is 5.14. The molecule has 0 fully saturated rings. The van der Waals surface area contributed by atoms with Gasteiger partial charge >= 0.3 is 0 Å². The number of nitrogens with zero attached hydrogens (tertiary/aromatic N) is 3. The second kappa shape index (κ2) is 5.01. The van der Waals surface area contributed by atoms with E-state index in [2.05, 4.69) is 4.98 Å². The molecule has 1 aliphatic rings. The van der Waals surface area contributed by atoms with Gasteiger partial charge in [0.2, 0.25) is 0 Å². The predicted octanol–water partition coefficient (Wildman–Crippen LogP) is 1.94. The van der Waals surface area contributed by atoms with Crippen molar-refractivity contribution in [3.05, 3.63) is 59.4 Å². The second-order valence-electron chi connectivity index (χ2n) is 5.14. The van der Waals surface area contributed by atoms with E-state index in [4.69, 9.17) is 0 Å². The lowest BCUT2D eigenvalue weighted by Crippen LogP contribution is -2.29. The van der Waals surface area contributed by atoms with E-state index in [1.54, 1.807) is 30.5 Å². The Morgan fingerprint density at radius 3 is 2.24 bits per heavy atom. The normalized spacial score (nSPS) is 13.5. The van der Waals surface area contributed by atoms with Crippen LogP contribution in [0.1, 0.15) is 26.4 Å². The molecule has 0 spiro atoms. The zero-order valence-corrected chi connectivity index (χ0v) is 11.9. The van der Waals surface area contributed by atoms with E-state index in [-0.39, 0.29) is 18.4 Å². The first-order chi connectivity index (χ1) is 10.1. The van der Waals surface area contributed by atoms with Crippen LogP contribution in [0, 0.1) is 0 Å². The molecule has 1 aromatic heterocycles. The minimum absolute atomic E-state index is 0.189. The van der Waals surface area contributed by atoms with Crippen LogP contribution >= 0.6 is 0 Å². The van der Waals surface area contributed by atoms with Crippen LogP contribution in [0.5, 0.6) is 0 Å². The number of rotatable bonds is 3. The van der Waals surface area contributed by atoms with E-state index in [1.807, 2.05) is 31.1 Å². The van der Waals surface area contributed by atoms with Crippen molar-refractivity contribution in [2.45, 2.75) is 6.54 Å². The Labute approximate surface area is 122 Å². The molecule has 21 heavy (non-hydrogen) atoms. The van der Waals surface area contributed by atoms with Crippen molar-refractivity contribution in [2.24, 2.45) is 0 Å². The zero-order valence-electron chi connectivity index (χ0n) is 11.9. The van der Waals surface area contributed by atoms with Gasteiger partial charge < -0.3 is 4.90 Å². The first kappa shape index (κ1) is 13.3. The number of hydrogen-bond acceptors (Lipinski definition) is 4. The molecule has 2 heterocycles. The number of hydrogen-bond donors (Lipinski definition) is 0. The summed E-state index contributed by atoms with van der Waals surface area (Å²) in [6.45, 7) is 0.189. The SMILES string of the molecule is CN(C)c1ccnc(CN2C(=O)c3ccccc3C2=O)c1. The highest BCUT2D eigenvalue weighted by Gasteiger charge is 2.35. The number of carbonyl (C=O) groups is 2. The minimum Gasteiger partial charge on any atom is -0.378 e. The molecule has 0 atom stereocenters. The van der Waals surface area contributed by atoms with E-state index in [1.165, 1.54) is 4.90 Å². The van der Waals surface area contributed by atoms with Gasteiger partial charge in [0.15, 0.2) is 0 Å². The van der Waals surface area contributed by atoms with Gasteiger partial charge in [-0.1, -0.05) is 12.1 Å². The fourth-order valence-corrected chi connectivity index (χ4v) is 2.37. The fraction of sp³-hybridized carbons (Fsp3) is 0.188. The molecular formula is C16H15N3O2. The van der Waals surface area contributed by atoms with E-state index in [0.29, 0.717) is 16.8 Å². The van der Waals surface area contributed by atoms with Gasteiger partial charge in [0, 0.05) is 26.0 Å². The molecule has 0 aliphatic carbocycles. The highest BCUT2D eigenvalue weighted by Crippen LogP contribution is 2.24. The lowest BCUT2D eigenvalue weighted by molar-refractivity contribution is 0.0640. The largest absolute Gasteiger partial charge is 0.378 e. The van der Waals surface area contributed by atoms with E-state index < -0.39 is 0 Å². The number of pyridine rings is 1. The summed E-state index contributed by atoms with van der Waals surface area (Å²) in [4.78, 5) is 32.0. The van der Waals surface area contributed by atoms with Crippen molar-refractivity contribution >= 4 is 17.5 Å². The number of fused-ring (bicyclic) bond motifs is 1. The summed E-state index contributed by atoms with van der Waals surface area (Å²) < 4.78 is 0. The van der Waals surface area contributed by atoms with Gasteiger partial charge in [-0.3, -0.25) is 19.5 Å². The Hall–Kier alpha value is -2.69. The molecule has 1 aliphatic heterocycles. The van der Waals surface area contributed by atoms with Crippen LogP contribution in [0.15, 0.2) is 42.6 Å². The Morgan fingerprint density at radius 1 is 1.05 bits per heavy atom. The van der Waals surface area contributed by atoms with Crippen LogP contribution in [0.4, 0.5) is 5.69 Å². The number of aromatic nitrogens is 1. The van der Waals surface area contributed by atoms with Crippen molar-refractivity contribution in [1.82, 2.24) is 9.88 Å². The zero-order chi connectivity index (χ0) is 15.0. The highest BCUT2D eigenvalue weighted by atomic mass is 16.2. The Kier molecular flexibility index (Phi) is 3.17. The Morgan fingerprint density at radius 2 is 1.67 bits per heavy atom. The van der Waals surface area contributed by atoms with Gasteiger partial charge in [-0.25, -0.2) is 0 Å². The highest BCUT2D eigenvalue weighted by molar-refractivity contribution is 6.21. The standard InChI is InChI=1S/C16H15N3O2/c1-18(2)12-7-8-17-11(9-12)10-19-15(20)13-5-3-4-6-14(13)16(19)21/h3-9H,10H2,1-2H3. The van der Waals surface area contributed by atoms with Crippen LogP contribution in [0.2, 0.25) is 0 Å². The van der Waals surface area contributed by atoms with Crippen molar-refractivity contribution in [3.63, 3.8) is 0 Å². The van der Waals surface area contributed by atoms with Crippen LogP contribution in [0.25, 0.3) is 0 Å². The monoisotopic (exact) mass is 281 g/mol. The van der Waals surface area contributed by atoms with Gasteiger partial charge in [-0.2, -0.15) is 0 Å². The maximum atomic E-state index is 12.3. The third kappa shape index (κ3) is 2.27. The molecular weight excluding hydrogens is 266 g/mol. The average Bonchev–Trinajstić information content (AvgIpc) is 2.73. The molecule has 0 bridgehead atoms. The average molecular weight is 281 g/mol. The van der Waals surface area contributed by atoms with Crippen LogP contribution in [-0.4, -0.2) is 35.8 Å². The van der Waals surface area contributed by atoms with Crippen LogP contribution in [-0.2, 0) is 6.54 Å². The first-order valence-electron chi connectivity index (χ1n) is 6.65. The summed E-state index contributed by atoms with van der Waals surface area (Å²) in [6.07, 6.45) is 1.68.